The molecular weight excluding hydrogens is 192 g/mol. The van der Waals surface area contributed by atoms with Crippen LogP contribution in [-0.2, 0) is 0 Å². The van der Waals surface area contributed by atoms with Crippen molar-refractivity contribution in [3.63, 3.8) is 0 Å². The van der Waals surface area contributed by atoms with Crippen molar-refractivity contribution in [2.45, 2.75) is 25.4 Å². The summed E-state index contributed by atoms with van der Waals surface area (Å²) in [5, 5.41) is 12.8. The molecule has 1 aromatic heterocycles. The van der Waals surface area contributed by atoms with Gasteiger partial charge in [0.2, 0.25) is 0 Å². The SMILES string of the molecule is Nc1nccnc1NCC1CCCC1O. The molecule has 0 radical (unpaired) electrons. The zero-order valence-corrected chi connectivity index (χ0v) is 8.56. The highest BCUT2D eigenvalue weighted by atomic mass is 16.3. The fourth-order valence-corrected chi connectivity index (χ4v) is 1.97. The lowest BCUT2D eigenvalue weighted by Crippen LogP contribution is -2.22. The van der Waals surface area contributed by atoms with E-state index in [2.05, 4.69) is 15.3 Å². The Morgan fingerprint density at radius 2 is 2.20 bits per heavy atom. The van der Waals surface area contributed by atoms with E-state index in [1.165, 1.54) is 0 Å². The first-order valence-electron chi connectivity index (χ1n) is 5.26. The number of nitrogens with zero attached hydrogens (tertiary/aromatic N) is 2. The normalized spacial score (nSPS) is 25.4. The lowest BCUT2D eigenvalue weighted by atomic mass is 10.1. The Hall–Kier alpha value is -1.36. The van der Waals surface area contributed by atoms with Crippen LogP contribution in [0, 0.1) is 5.92 Å². The van der Waals surface area contributed by atoms with Crippen LogP contribution in [0.5, 0.6) is 0 Å². The maximum atomic E-state index is 9.63. The van der Waals surface area contributed by atoms with Gasteiger partial charge in [0.1, 0.15) is 0 Å². The zero-order chi connectivity index (χ0) is 10.7. The molecule has 5 heteroatoms. The van der Waals surface area contributed by atoms with Gasteiger partial charge in [-0.1, -0.05) is 6.42 Å². The fraction of sp³-hybridized carbons (Fsp3) is 0.600. The number of aliphatic hydroxyl groups is 1. The summed E-state index contributed by atoms with van der Waals surface area (Å²) >= 11 is 0. The summed E-state index contributed by atoms with van der Waals surface area (Å²) < 4.78 is 0. The lowest BCUT2D eigenvalue weighted by Gasteiger charge is -2.15. The molecule has 0 spiro atoms. The van der Waals surface area contributed by atoms with E-state index in [9.17, 15) is 5.11 Å². The highest BCUT2D eigenvalue weighted by molar-refractivity contribution is 5.54. The molecule has 1 aliphatic rings. The van der Waals surface area contributed by atoms with Crippen LogP contribution >= 0.6 is 0 Å². The molecule has 1 fully saturated rings. The summed E-state index contributed by atoms with van der Waals surface area (Å²) in [6.07, 6.45) is 6.05. The maximum absolute atomic E-state index is 9.63. The van der Waals surface area contributed by atoms with E-state index in [4.69, 9.17) is 5.73 Å². The molecule has 0 bridgehead atoms. The average molecular weight is 208 g/mol. The number of anilines is 2. The molecule has 1 heterocycles. The molecule has 2 unspecified atom stereocenters. The van der Waals surface area contributed by atoms with Crippen LogP contribution in [0.3, 0.4) is 0 Å². The van der Waals surface area contributed by atoms with Gasteiger partial charge in [-0.2, -0.15) is 0 Å². The number of nitrogen functional groups attached to an aromatic ring is 1. The van der Waals surface area contributed by atoms with Crippen molar-refractivity contribution in [1.29, 1.82) is 0 Å². The second-order valence-corrected chi connectivity index (χ2v) is 3.93. The molecule has 0 aromatic carbocycles. The first-order chi connectivity index (χ1) is 7.27. The van der Waals surface area contributed by atoms with Gasteiger partial charge >= 0.3 is 0 Å². The predicted molar refractivity (Wildman–Crippen MR) is 58.3 cm³/mol. The van der Waals surface area contributed by atoms with Crippen LogP contribution in [0.1, 0.15) is 19.3 Å². The largest absolute Gasteiger partial charge is 0.393 e. The quantitative estimate of drug-likeness (QED) is 0.678. The first kappa shape index (κ1) is 10.2. The van der Waals surface area contributed by atoms with Gasteiger partial charge in [-0.05, 0) is 12.8 Å². The minimum atomic E-state index is -0.185. The Morgan fingerprint density at radius 3 is 2.87 bits per heavy atom. The average Bonchev–Trinajstić information content (AvgIpc) is 2.63. The van der Waals surface area contributed by atoms with Gasteiger partial charge in [0.15, 0.2) is 11.6 Å². The molecule has 1 saturated carbocycles. The monoisotopic (exact) mass is 208 g/mol. The maximum Gasteiger partial charge on any atom is 0.168 e. The summed E-state index contributed by atoms with van der Waals surface area (Å²) in [5.74, 6) is 1.33. The Labute approximate surface area is 88.7 Å². The van der Waals surface area contributed by atoms with Crippen LogP contribution in [0.2, 0.25) is 0 Å². The van der Waals surface area contributed by atoms with Crippen LogP contribution in [0.15, 0.2) is 12.4 Å². The molecule has 82 valence electrons. The Bertz CT molecular complexity index is 331. The van der Waals surface area contributed by atoms with Gasteiger partial charge in [0.25, 0.3) is 0 Å². The molecule has 1 aromatic rings. The van der Waals surface area contributed by atoms with E-state index in [1.54, 1.807) is 12.4 Å². The zero-order valence-electron chi connectivity index (χ0n) is 8.56. The van der Waals surface area contributed by atoms with Crippen LogP contribution in [-0.4, -0.2) is 27.7 Å². The topological polar surface area (TPSA) is 84.1 Å². The van der Waals surface area contributed by atoms with E-state index in [0.29, 0.717) is 24.1 Å². The summed E-state index contributed by atoms with van der Waals surface area (Å²) in [4.78, 5) is 8.02. The molecule has 5 nitrogen and oxygen atoms in total. The van der Waals surface area contributed by atoms with Gasteiger partial charge in [0, 0.05) is 24.9 Å². The lowest BCUT2D eigenvalue weighted by molar-refractivity contribution is 0.138. The third-order valence-electron chi connectivity index (χ3n) is 2.88. The molecule has 0 aliphatic heterocycles. The predicted octanol–water partition coefficient (Wildman–Crippen LogP) is 0.632. The Kier molecular flexibility index (Phi) is 3.01. The number of hydrogen-bond donors (Lipinski definition) is 3. The number of nitrogens with two attached hydrogens (primary N) is 1. The molecule has 2 rings (SSSR count). The van der Waals surface area contributed by atoms with E-state index in [1.807, 2.05) is 0 Å². The summed E-state index contributed by atoms with van der Waals surface area (Å²) in [5.41, 5.74) is 5.64. The highest BCUT2D eigenvalue weighted by Crippen LogP contribution is 2.25. The van der Waals surface area contributed by atoms with Gasteiger partial charge in [-0.3, -0.25) is 0 Å². The number of aromatic nitrogens is 2. The van der Waals surface area contributed by atoms with Gasteiger partial charge in [-0.25, -0.2) is 9.97 Å². The molecule has 0 amide bonds. The highest BCUT2D eigenvalue weighted by Gasteiger charge is 2.24. The van der Waals surface area contributed by atoms with E-state index in [0.717, 1.165) is 19.3 Å². The van der Waals surface area contributed by atoms with Gasteiger partial charge < -0.3 is 16.2 Å². The van der Waals surface area contributed by atoms with Crippen molar-refractivity contribution >= 4 is 11.6 Å². The van der Waals surface area contributed by atoms with Crippen molar-refractivity contribution < 1.29 is 5.11 Å². The Morgan fingerprint density at radius 1 is 1.40 bits per heavy atom. The fourth-order valence-electron chi connectivity index (χ4n) is 1.97. The third-order valence-corrected chi connectivity index (χ3v) is 2.88. The standard InChI is InChI=1S/C10H16N4O/c11-9-10(13-5-4-12-9)14-6-7-2-1-3-8(7)15/h4-5,7-8,15H,1-3,6H2,(H2,11,12)(H,13,14). The summed E-state index contributed by atoms with van der Waals surface area (Å²) in [6, 6.07) is 0. The summed E-state index contributed by atoms with van der Waals surface area (Å²) in [7, 11) is 0. The number of hydrogen-bond acceptors (Lipinski definition) is 5. The molecule has 15 heavy (non-hydrogen) atoms. The van der Waals surface area contributed by atoms with Gasteiger partial charge in [0.05, 0.1) is 6.10 Å². The van der Waals surface area contributed by atoms with Crippen molar-refractivity contribution in [3.8, 4) is 0 Å². The minimum Gasteiger partial charge on any atom is -0.393 e. The number of nitrogens with one attached hydrogen (secondary N) is 1. The third kappa shape index (κ3) is 2.36. The van der Waals surface area contributed by atoms with Crippen LogP contribution in [0.25, 0.3) is 0 Å². The van der Waals surface area contributed by atoms with E-state index < -0.39 is 0 Å². The van der Waals surface area contributed by atoms with Crippen molar-refractivity contribution in [2.24, 2.45) is 5.92 Å². The van der Waals surface area contributed by atoms with Crippen molar-refractivity contribution in [2.75, 3.05) is 17.6 Å². The van der Waals surface area contributed by atoms with Crippen LogP contribution in [0.4, 0.5) is 11.6 Å². The Balaban J connectivity index is 1.90. The minimum absolute atomic E-state index is 0.185. The van der Waals surface area contributed by atoms with Crippen molar-refractivity contribution in [1.82, 2.24) is 9.97 Å². The van der Waals surface area contributed by atoms with Gasteiger partial charge in [-0.15, -0.1) is 0 Å². The molecule has 4 N–H and O–H groups in total. The molecule has 1 aliphatic carbocycles. The second kappa shape index (κ2) is 4.44. The number of aliphatic hydroxyl groups excluding tert-OH is 1. The summed E-state index contributed by atoms with van der Waals surface area (Å²) in [6.45, 7) is 0.712. The molecular formula is C10H16N4O. The number of rotatable bonds is 3. The van der Waals surface area contributed by atoms with Crippen LogP contribution < -0.4 is 11.1 Å². The smallest absolute Gasteiger partial charge is 0.168 e. The molecule has 0 saturated heterocycles. The molecule has 2 atom stereocenters. The first-order valence-corrected chi connectivity index (χ1v) is 5.26. The van der Waals surface area contributed by atoms with Crippen molar-refractivity contribution in [3.05, 3.63) is 12.4 Å². The second-order valence-electron chi connectivity index (χ2n) is 3.93. The van der Waals surface area contributed by atoms with E-state index >= 15 is 0 Å². The van der Waals surface area contributed by atoms with E-state index in [-0.39, 0.29) is 6.10 Å².